The second kappa shape index (κ2) is 4.68. The van der Waals surface area contributed by atoms with E-state index in [0.717, 1.165) is 6.20 Å². The van der Waals surface area contributed by atoms with Crippen LogP contribution in [0.15, 0.2) is 6.20 Å². The van der Waals surface area contributed by atoms with Crippen LogP contribution in [0.25, 0.3) is 0 Å². The van der Waals surface area contributed by atoms with Crippen molar-refractivity contribution in [2.45, 2.75) is 12.8 Å². The Balaban J connectivity index is 3.40. The number of halogens is 3. The van der Waals surface area contributed by atoms with Gasteiger partial charge in [0.15, 0.2) is 5.69 Å². The fourth-order valence-electron chi connectivity index (χ4n) is 1.08. The Labute approximate surface area is 89.5 Å². The van der Waals surface area contributed by atoms with Crippen molar-refractivity contribution in [2.75, 3.05) is 0 Å². The van der Waals surface area contributed by atoms with E-state index in [2.05, 4.69) is 4.98 Å². The van der Waals surface area contributed by atoms with Crippen LogP contribution in [0.1, 0.15) is 23.2 Å². The van der Waals surface area contributed by atoms with Crippen molar-refractivity contribution in [1.82, 2.24) is 4.98 Å². The van der Waals surface area contributed by atoms with Gasteiger partial charge in [0.25, 0.3) is 6.43 Å². The Kier molecular flexibility index (Phi) is 3.54. The van der Waals surface area contributed by atoms with E-state index < -0.39 is 12.0 Å². The fourth-order valence-corrected chi connectivity index (χ4v) is 1.37. The quantitative estimate of drug-likeness (QED) is 0.780. The number of pyridine rings is 1. The average Bonchev–Trinajstić information content (AvgIpc) is 2.18. The maximum atomic E-state index is 12.6. The van der Waals surface area contributed by atoms with E-state index in [-0.39, 0.29) is 22.7 Å². The van der Waals surface area contributed by atoms with Crippen molar-refractivity contribution in [3.63, 3.8) is 0 Å². The molecule has 0 aliphatic carbocycles. The van der Waals surface area contributed by atoms with Gasteiger partial charge in [-0.15, -0.1) is 0 Å². The van der Waals surface area contributed by atoms with Crippen molar-refractivity contribution in [1.29, 1.82) is 10.5 Å². The summed E-state index contributed by atoms with van der Waals surface area (Å²) >= 11 is 5.57. The Morgan fingerprint density at radius 3 is 2.60 bits per heavy atom. The summed E-state index contributed by atoms with van der Waals surface area (Å²) in [5.74, 6) is 0. The molecule has 1 aromatic heterocycles. The van der Waals surface area contributed by atoms with Crippen LogP contribution < -0.4 is 0 Å². The van der Waals surface area contributed by atoms with Gasteiger partial charge < -0.3 is 0 Å². The zero-order chi connectivity index (χ0) is 11.4. The number of nitrogens with zero attached hydrogens (tertiary/aromatic N) is 3. The molecule has 0 aliphatic rings. The topological polar surface area (TPSA) is 60.5 Å². The zero-order valence-corrected chi connectivity index (χ0v) is 8.09. The van der Waals surface area contributed by atoms with Crippen LogP contribution >= 0.6 is 11.6 Å². The van der Waals surface area contributed by atoms with E-state index >= 15 is 0 Å². The molecule has 15 heavy (non-hydrogen) atoms. The normalized spacial score (nSPS) is 9.73. The predicted molar refractivity (Wildman–Crippen MR) is 48.2 cm³/mol. The maximum absolute atomic E-state index is 12.6. The van der Waals surface area contributed by atoms with Gasteiger partial charge in [-0.25, -0.2) is 13.8 Å². The van der Waals surface area contributed by atoms with Crippen LogP contribution in [0.3, 0.4) is 0 Å². The molecule has 0 radical (unpaired) electrons. The first-order chi connectivity index (χ1) is 7.11. The Morgan fingerprint density at radius 1 is 1.47 bits per heavy atom. The van der Waals surface area contributed by atoms with Crippen molar-refractivity contribution >= 4 is 11.6 Å². The fraction of sp³-hybridized carbons (Fsp3) is 0.222. The molecule has 0 aromatic carbocycles. The summed E-state index contributed by atoms with van der Waals surface area (Å²) < 4.78 is 25.2. The van der Waals surface area contributed by atoms with Gasteiger partial charge in [0, 0.05) is 11.8 Å². The lowest BCUT2D eigenvalue weighted by atomic mass is 10.1. The van der Waals surface area contributed by atoms with Crippen molar-refractivity contribution in [3.8, 4) is 12.1 Å². The minimum Gasteiger partial charge on any atom is -0.244 e. The van der Waals surface area contributed by atoms with E-state index in [1.165, 1.54) is 0 Å². The van der Waals surface area contributed by atoms with Crippen molar-refractivity contribution < 1.29 is 8.78 Å². The van der Waals surface area contributed by atoms with Crippen LogP contribution in [0.2, 0.25) is 5.02 Å². The largest absolute Gasteiger partial charge is 0.265 e. The number of alkyl halides is 2. The van der Waals surface area contributed by atoms with Crippen LogP contribution in [-0.4, -0.2) is 4.98 Å². The van der Waals surface area contributed by atoms with Gasteiger partial charge in [-0.05, 0) is 5.56 Å². The molecule has 0 fully saturated rings. The van der Waals surface area contributed by atoms with Crippen LogP contribution in [0.5, 0.6) is 0 Å². The lowest BCUT2D eigenvalue weighted by molar-refractivity contribution is 0.150. The smallest absolute Gasteiger partial charge is 0.244 e. The van der Waals surface area contributed by atoms with Crippen molar-refractivity contribution in [3.05, 3.63) is 28.0 Å². The highest BCUT2D eigenvalue weighted by Crippen LogP contribution is 2.31. The van der Waals surface area contributed by atoms with Crippen LogP contribution in [0, 0.1) is 22.7 Å². The van der Waals surface area contributed by atoms with E-state index in [1.54, 1.807) is 12.1 Å². The number of nitriles is 2. The molecule has 3 nitrogen and oxygen atoms in total. The molecule has 0 saturated carbocycles. The third-order valence-electron chi connectivity index (χ3n) is 1.73. The van der Waals surface area contributed by atoms with E-state index in [1.807, 2.05) is 0 Å². The van der Waals surface area contributed by atoms with Gasteiger partial charge in [0.05, 0.1) is 17.5 Å². The minimum absolute atomic E-state index is 0.0523. The standard InChI is InChI=1S/C9H4ClF2N3/c10-8-6(3-14)15-4-5(1-2-13)7(8)9(11)12/h4,9H,1H2. The second-order valence-corrected chi connectivity index (χ2v) is 2.99. The first-order valence-electron chi connectivity index (χ1n) is 3.84. The highest BCUT2D eigenvalue weighted by Gasteiger charge is 2.20. The molecule has 1 heterocycles. The van der Waals surface area contributed by atoms with E-state index in [0.29, 0.717) is 0 Å². The molecule has 76 valence electrons. The molecule has 0 saturated heterocycles. The molecular weight excluding hydrogens is 224 g/mol. The first kappa shape index (κ1) is 11.4. The summed E-state index contributed by atoms with van der Waals surface area (Å²) in [6.07, 6.45) is -1.95. The third-order valence-corrected chi connectivity index (χ3v) is 2.12. The number of aromatic nitrogens is 1. The van der Waals surface area contributed by atoms with Gasteiger partial charge in [0.1, 0.15) is 6.07 Å². The van der Waals surface area contributed by atoms with Gasteiger partial charge in [-0.2, -0.15) is 10.5 Å². The summed E-state index contributed by atoms with van der Waals surface area (Å²) in [7, 11) is 0. The number of rotatable bonds is 2. The van der Waals surface area contributed by atoms with Crippen LogP contribution in [-0.2, 0) is 6.42 Å². The number of hydrogen-bond donors (Lipinski definition) is 0. The SMILES string of the molecule is N#CCc1cnc(C#N)c(Cl)c1C(F)F. The molecule has 1 rings (SSSR count). The van der Waals surface area contributed by atoms with E-state index in [4.69, 9.17) is 22.1 Å². The van der Waals surface area contributed by atoms with E-state index in [9.17, 15) is 8.78 Å². The third kappa shape index (κ3) is 2.20. The maximum Gasteiger partial charge on any atom is 0.265 e. The summed E-state index contributed by atoms with van der Waals surface area (Å²) in [5, 5.41) is 16.6. The Hall–Kier alpha value is -1.72. The monoisotopic (exact) mass is 227 g/mol. The Bertz CT molecular complexity index is 460. The lowest BCUT2D eigenvalue weighted by Gasteiger charge is -2.08. The molecule has 0 unspecified atom stereocenters. The summed E-state index contributed by atoms with van der Waals surface area (Å²) in [5.41, 5.74) is -0.685. The minimum atomic E-state index is -2.82. The molecule has 1 aromatic rings. The summed E-state index contributed by atoms with van der Waals surface area (Å²) in [6, 6.07) is 3.33. The first-order valence-corrected chi connectivity index (χ1v) is 4.22. The highest BCUT2D eigenvalue weighted by molar-refractivity contribution is 6.32. The molecular formula is C9H4ClF2N3. The molecule has 0 aliphatic heterocycles. The van der Waals surface area contributed by atoms with Crippen molar-refractivity contribution in [2.24, 2.45) is 0 Å². The lowest BCUT2D eigenvalue weighted by Crippen LogP contribution is -1.99. The summed E-state index contributed by atoms with van der Waals surface area (Å²) in [6.45, 7) is 0. The van der Waals surface area contributed by atoms with Gasteiger partial charge in [0.2, 0.25) is 0 Å². The average molecular weight is 228 g/mol. The highest BCUT2D eigenvalue weighted by atomic mass is 35.5. The summed E-state index contributed by atoms with van der Waals surface area (Å²) in [4.78, 5) is 3.58. The van der Waals surface area contributed by atoms with Gasteiger partial charge in [-0.3, -0.25) is 0 Å². The molecule has 6 heteroatoms. The Morgan fingerprint density at radius 2 is 2.13 bits per heavy atom. The zero-order valence-electron chi connectivity index (χ0n) is 7.34. The molecule has 0 spiro atoms. The van der Waals surface area contributed by atoms with Gasteiger partial charge in [-0.1, -0.05) is 11.6 Å². The second-order valence-electron chi connectivity index (χ2n) is 2.61. The molecule has 0 bridgehead atoms. The molecule has 0 N–H and O–H groups in total. The van der Waals surface area contributed by atoms with Crippen LogP contribution in [0.4, 0.5) is 8.78 Å². The number of hydrogen-bond acceptors (Lipinski definition) is 3. The molecule has 0 amide bonds. The molecule has 0 atom stereocenters. The predicted octanol–water partition coefficient (Wildman–Crippen LogP) is 2.61. The van der Waals surface area contributed by atoms with Gasteiger partial charge >= 0.3 is 0 Å².